The van der Waals surface area contributed by atoms with Gasteiger partial charge in [0.1, 0.15) is 30.2 Å². The fraction of sp³-hybridized carbons (Fsp3) is 0.500. The first-order valence-corrected chi connectivity index (χ1v) is 10.3. The van der Waals surface area contributed by atoms with Crippen molar-refractivity contribution < 1.29 is 33.2 Å². The smallest absolute Gasteiger partial charge is 0.186 e. The molecule has 5 atom stereocenters. The summed E-state index contributed by atoms with van der Waals surface area (Å²) in [5.41, 5.74) is 2.07. The second-order valence-electron chi connectivity index (χ2n) is 7.32. The highest BCUT2D eigenvalue weighted by Gasteiger charge is 2.48. The van der Waals surface area contributed by atoms with Gasteiger partial charge >= 0.3 is 0 Å². The fourth-order valence-electron chi connectivity index (χ4n) is 3.70. The van der Waals surface area contributed by atoms with Gasteiger partial charge in [-0.2, -0.15) is 0 Å². The lowest BCUT2D eigenvalue weighted by molar-refractivity contribution is -0.318. The average Bonchev–Trinajstić information content (AvgIpc) is 2.82. The number of methoxy groups -OCH3 is 4. The molecule has 2 aromatic rings. The molecule has 1 saturated heterocycles. The van der Waals surface area contributed by atoms with Gasteiger partial charge in [-0.05, 0) is 23.3 Å². The summed E-state index contributed by atoms with van der Waals surface area (Å²) in [6, 6.07) is 17.7. The van der Waals surface area contributed by atoms with Crippen molar-refractivity contribution in [3.8, 4) is 5.75 Å². The van der Waals surface area contributed by atoms with Crippen LogP contribution in [0.3, 0.4) is 0 Å². The minimum Gasteiger partial charge on any atom is -0.497 e. The normalized spacial score (nSPS) is 26.0. The largest absolute Gasteiger partial charge is 0.497 e. The second kappa shape index (κ2) is 12.1. The number of ether oxygens (including phenoxy) is 7. The Morgan fingerprint density at radius 2 is 1.35 bits per heavy atom. The Kier molecular flexibility index (Phi) is 9.27. The SMILES string of the molecule is COC[C@H]1O[C@H](OC)[C@H](OCc2ccccc2)[C@@H](OCc2ccc(OC)cc2)[C@@H]1OC. The molecule has 0 amide bonds. The van der Waals surface area contributed by atoms with Gasteiger partial charge < -0.3 is 33.2 Å². The van der Waals surface area contributed by atoms with Crippen LogP contribution in [0.4, 0.5) is 0 Å². The lowest BCUT2D eigenvalue weighted by atomic mass is 9.98. The van der Waals surface area contributed by atoms with E-state index in [1.807, 2.05) is 54.6 Å². The van der Waals surface area contributed by atoms with E-state index in [4.69, 9.17) is 33.2 Å². The van der Waals surface area contributed by atoms with Gasteiger partial charge in [0, 0.05) is 21.3 Å². The number of benzene rings is 2. The van der Waals surface area contributed by atoms with E-state index in [1.165, 1.54) is 0 Å². The topological polar surface area (TPSA) is 64.6 Å². The van der Waals surface area contributed by atoms with Crippen LogP contribution in [0.15, 0.2) is 54.6 Å². The van der Waals surface area contributed by atoms with E-state index >= 15 is 0 Å². The molecule has 7 heteroatoms. The van der Waals surface area contributed by atoms with E-state index in [0.29, 0.717) is 19.8 Å². The standard InChI is InChI=1S/C24H32O7/c1-25-16-20-21(27-3)22(29-15-18-10-12-19(26-2)13-11-18)23(24(28-4)31-20)30-14-17-8-6-5-7-9-17/h5-13,20-24H,14-16H2,1-4H3/t20-,21-,22+,23-,24+/m1/s1. The summed E-state index contributed by atoms with van der Waals surface area (Å²) in [5, 5.41) is 0. The maximum absolute atomic E-state index is 6.35. The first-order valence-electron chi connectivity index (χ1n) is 10.3. The number of hydrogen-bond donors (Lipinski definition) is 0. The van der Waals surface area contributed by atoms with E-state index in [-0.39, 0.29) is 12.2 Å². The van der Waals surface area contributed by atoms with Gasteiger partial charge in [-0.25, -0.2) is 0 Å². The third-order valence-electron chi connectivity index (χ3n) is 5.31. The Bertz CT molecular complexity index is 752. The van der Waals surface area contributed by atoms with Crippen molar-refractivity contribution in [1.29, 1.82) is 0 Å². The lowest BCUT2D eigenvalue weighted by Crippen LogP contribution is -2.61. The van der Waals surface area contributed by atoms with Gasteiger partial charge in [0.05, 0.1) is 26.9 Å². The third-order valence-corrected chi connectivity index (χ3v) is 5.31. The van der Waals surface area contributed by atoms with Crippen LogP contribution >= 0.6 is 0 Å². The molecule has 0 spiro atoms. The van der Waals surface area contributed by atoms with Crippen LogP contribution < -0.4 is 4.74 Å². The summed E-state index contributed by atoms with van der Waals surface area (Å²) in [5.74, 6) is 0.799. The zero-order chi connectivity index (χ0) is 22.1. The molecule has 170 valence electrons. The van der Waals surface area contributed by atoms with Crippen molar-refractivity contribution in [3.05, 3.63) is 65.7 Å². The van der Waals surface area contributed by atoms with E-state index in [1.54, 1.807) is 28.4 Å². The zero-order valence-electron chi connectivity index (χ0n) is 18.6. The fourth-order valence-corrected chi connectivity index (χ4v) is 3.70. The summed E-state index contributed by atoms with van der Waals surface area (Å²) in [7, 11) is 6.51. The van der Waals surface area contributed by atoms with Gasteiger partial charge in [-0.3, -0.25) is 0 Å². The van der Waals surface area contributed by atoms with Crippen molar-refractivity contribution in [2.45, 2.75) is 43.9 Å². The van der Waals surface area contributed by atoms with Gasteiger partial charge in [-0.15, -0.1) is 0 Å². The highest BCUT2D eigenvalue weighted by atomic mass is 16.7. The minimum absolute atomic E-state index is 0.350. The maximum atomic E-state index is 6.35. The van der Waals surface area contributed by atoms with Crippen LogP contribution in [0.5, 0.6) is 5.75 Å². The molecule has 0 unspecified atom stereocenters. The van der Waals surface area contributed by atoms with Crippen LogP contribution in [0.1, 0.15) is 11.1 Å². The van der Waals surface area contributed by atoms with Crippen LogP contribution in [-0.2, 0) is 41.6 Å². The Balaban J connectivity index is 1.78. The quantitative estimate of drug-likeness (QED) is 0.540. The Morgan fingerprint density at radius 3 is 1.94 bits per heavy atom. The molecule has 7 nitrogen and oxygen atoms in total. The molecule has 2 aromatic carbocycles. The summed E-state index contributed by atoms with van der Waals surface area (Å²) in [6.07, 6.45) is -2.25. The van der Waals surface area contributed by atoms with Crippen LogP contribution in [-0.4, -0.2) is 65.8 Å². The molecule has 0 radical (unpaired) electrons. The predicted molar refractivity (Wildman–Crippen MR) is 115 cm³/mol. The van der Waals surface area contributed by atoms with Crippen LogP contribution in [0.2, 0.25) is 0 Å². The van der Waals surface area contributed by atoms with Crippen LogP contribution in [0.25, 0.3) is 0 Å². The van der Waals surface area contributed by atoms with Gasteiger partial charge in [0.15, 0.2) is 6.29 Å². The van der Waals surface area contributed by atoms with Crippen molar-refractivity contribution in [2.24, 2.45) is 0 Å². The van der Waals surface area contributed by atoms with Crippen LogP contribution in [0, 0.1) is 0 Å². The van der Waals surface area contributed by atoms with Crippen molar-refractivity contribution in [1.82, 2.24) is 0 Å². The summed E-state index contributed by atoms with van der Waals surface area (Å²) >= 11 is 0. The molecule has 0 aliphatic carbocycles. The molecular formula is C24H32O7. The third kappa shape index (κ3) is 6.26. The molecule has 0 bridgehead atoms. The minimum atomic E-state index is -0.615. The first kappa shape index (κ1) is 23.7. The number of rotatable bonds is 11. The van der Waals surface area contributed by atoms with E-state index in [9.17, 15) is 0 Å². The maximum Gasteiger partial charge on any atom is 0.186 e. The van der Waals surface area contributed by atoms with Crippen molar-refractivity contribution in [3.63, 3.8) is 0 Å². The zero-order valence-corrected chi connectivity index (χ0v) is 18.6. The van der Waals surface area contributed by atoms with E-state index < -0.39 is 18.5 Å². The molecule has 1 fully saturated rings. The van der Waals surface area contributed by atoms with Gasteiger partial charge in [0.25, 0.3) is 0 Å². The molecule has 3 rings (SSSR count). The molecule has 0 aromatic heterocycles. The Hall–Kier alpha value is -2.00. The Labute approximate surface area is 184 Å². The molecule has 0 N–H and O–H groups in total. The molecular weight excluding hydrogens is 400 g/mol. The Morgan fingerprint density at radius 1 is 0.710 bits per heavy atom. The van der Waals surface area contributed by atoms with Gasteiger partial charge in [-0.1, -0.05) is 42.5 Å². The molecule has 0 saturated carbocycles. The van der Waals surface area contributed by atoms with Crippen molar-refractivity contribution >= 4 is 0 Å². The highest BCUT2D eigenvalue weighted by molar-refractivity contribution is 5.26. The molecule has 1 aliphatic heterocycles. The summed E-state index contributed by atoms with van der Waals surface area (Å²) in [4.78, 5) is 0. The molecule has 1 heterocycles. The summed E-state index contributed by atoms with van der Waals surface area (Å²) in [6.45, 7) is 1.14. The van der Waals surface area contributed by atoms with Gasteiger partial charge in [0.2, 0.25) is 0 Å². The lowest BCUT2D eigenvalue weighted by Gasteiger charge is -2.45. The predicted octanol–water partition coefficient (Wildman–Crippen LogP) is 3.20. The average molecular weight is 433 g/mol. The monoisotopic (exact) mass is 432 g/mol. The second-order valence-corrected chi connectivity index (χ2v) is 7.32. The summed E-state index contributed by atoms with van der Waals surface area (Å²) < 4.78 is 40.7. The highest BCUT2D eigenvalue weighted by Crippen LogP contribution is 2.30. The van der Waals surface area contributed by atoms with E-state index in [0.717, 1.165) is 16.9 Å². The van der Waals surface area contributed by atoms with E-state index in [2.05, 4.69) is 0 Å². The van der Waals surface area contributed by atoms with Crippen molar-refractivity contribution in [2.75, 3.05) is 35.0 Å². The molecule has 31 heavy (non-hydrogen) atoms. The molecule has 1 aliphatic rings. The number of hydrogen-bond acceptors (Lipinski definition) is 7. The first-order chi connectivity index (χ1) is 15.2.